The molecule has 1 aliphatic carbocycles. The van der Waals surface area contributed by atoms with Crippen molar-refractivity contribution in [2.75, 3.05) is 20.3 Å². The number of carboxylic acids is 1. The van der Waals surface area contributed by atoms with Crippen molar-refractivity contribution in [2.24, 2.45) is 0 Å². The molecule has 2 aromatic carbocycles. The monoisotopic (exact) mass is 468 g/mol. The highest BCUT2D eigenvalue weighted by atomic mass is 16.5. The molecule has 3 N–H and O–H groups in total. The SMILES string of the molecule is COC(=O)C[C@@H](NC(=O)CCCCNC(=O)OCC1c2ccccc2-c2ccccc21)C(=O)O. The molecule has 0 heterocycles. The molecule has 2 amide bonds. The normalized spacial score (nSPS) is 12.7. The summed E-state index contributed by atoms with van der Waals surface area (Å²) >= 11 is 0. The lowest BCUT2D eigenvalue weighted by molar-refractivity contribution is -0.148. The summed E-state index contributed by atoms with van der Waals surface area (Å²) in [6.07, 6.45) is 0.0281. The van der Waals surface area contributed by atoms with Gasteiger partial charge < -0.3 is 25.2 Å². The van der Waals surface area contributed by atoms with Crippen LogP contribution in [-0.4, -0.2) is 55.3 Å². The number of hydrogen-bond acceptors (Lipinski definition) is 6. The van der Waals surface area contributed by atoms with Crippen LogP contribution >= 0.6 is 0 Å². The van der Waals surface area contributed by atoms with Crippen LogP contribution < -0.4 is 10.6 Å². The molecule has 0 saturated heterocycles. The Kier molecular flexibility index (Phi) is 8.61. The summed E-state index contributed by atoms with van der Waals surface area (Å²) in [4.78, 5) is 46.5. The van der Waals surface area contributed by atoms with E-state index in [1.807, 2.05) is 36.4 Å². The molecule has 9 nitrogen and oxygen atoms in total. The number of carbonyl (C=O) groups excluding carboxylic acids is 3. The standard InChI is InChI=1S/C25H28N2O7/c1-33-23(29)14-21(24(30)31)27-22(28)12-6-7-13-26-25(32)34-15-20-18-10-4-2-8-16(18)17-9-3-5-11-19(17)20/h2-5,8-11,20-21H,6-7,12-15H2,1H3,(H,26,32)(H,27,28)(H,30,31)/t21-/m1/s1. The van der Waals surface area contributed by atoms with Gasteiger partial charge >= 0.3 is 18.0 Å². The Balaban J connectivity index is 1.37. The number of hydrogen-bond donors (Lipinski definition) is 3. The molecule has 0 unspecified atom stereocenters. The molecule has 9 heteroatoms. The topological polar surface area (TPSA) is 131 Å². The summed E-state index contributed by atoms with van der Waals surface area (Å²) in [6, 6.07) is 14.8. The summed E-state index contributed by atoms with van der Waals surface area (Å²) in [5.41, 5.74) is 4.58. The van der Waals surface area contributed by atoms with E-state index in [4.69, 9.17) is 9.84 Å². The molecule has 2 aromatic rings. The molecule has 180 valence electrons. The van der Waals surface area contributed by atoms with E-state index in [0.29, 0.717) is 19.4 Å². The molecule has 0 aliphatic heterocycles. The van der Waals surface area contributed by atoms with E-state index in [-0.39, 0.29) is 18.9 Å². The third-order valence-corrected chi connectivity index (χ3v) is 5.68. The van der Waals surface area contributed by atoms with Gasteiger partial charge in [0.1, 0.15) is 12.6 Å². The van der Waals surface area contributed by atoms with E-state index in [1.165, 1.54) is 0 Å². The number of ether oxygens (including phenoxy) is 2. The number of alkyl carbamates (subject to hydrolysis) is 1. The second kappa shape index (κ2) is 11.8. The number of nitrogens with one attached hydrogen (secondary N) is 2. The van der Waals surface area contributed by atoms with Crippen molar-refractivity contribution in [3.05, 3.63) is 59.7 Å². The first-order valence-corrected chi connectivity index (χ1v) is 11.1. The maximum Gasteiger partial charge on any atom is 0.407 e. The maximum absolute atomic E-state index is 12.2. The van der Waals surface area contributed by atoms with Crippen LogP contribution in [-0.2, 0) is 23.9 Å². The molecule has 0 saturated carbocycles. The first-order valence-electron chi connectivity index (χ1n) is 11.1. The minimum absolute atomic E-state index is 0.0194. The van der Waals surface area contributed by atoms with Gasteiger partial charge in [-0.15, -0.1) is 0 Å². The van der Waals surface area contributed by atoms with Crippen molar-refractivity contribution in [1.82, 2.24) is 10.6 Å². The van der Waals surface area contributed by atoms with Crippen molar-refractivity contribution in [3.8, 4) is 11.1 Å². The van der Waals surface area contributed by atoms with Crippen molar-refractivity contribution in [2.45, 2.75) is 37.6 Å². The zero-order chi connectivity index (χ0) is 24.5. The van der Waals surface area contributed by atoms with Gasteiger partial charge in [0, 0.05) is 18.9 Å². The summed E-state index contributed by atoms with van der Waals surface area (Å²) in [5, 5.41) is 14.1. The minimum atomic E-state index is -1.33. The molecule has 0 aromatic heterocycles. The van der Waals surface area contributed by atoms with E-state index in [0.717, 1.165) is 29.4 Å². The Bertz CT molecular complexity index is 1010. The van der Waals surface area contributed by atoms with Crippen LogP contribution in [0.4, 0.5) is 4.79 Å². The van der Waals surface area contributed by atoms with Gasteiger partial charge in [0.2, 0.25) is 5.91 Å². The van der Waals surface area contributed by atoms with Gasteiger partial charge in [0.25, 0.3) is 0 Å². The number of unbranched alkanes of at least 4 members (excludes halogenated alkanes) is 1. The molecular weight excluding hydrogens is 440 g/mol. The predicted octanol–water partition coefficient (Wildman–Crippen LogP) is 2.83. The zero-order valence-corrected chi connectivity index (χ0v) is 18.9. The fourth-order valence-electron chi connectivity index (χ4n) is 3.97. The van der Waals surface area contributed by atoms with Crippen LogP contribution in [0.25, 0.3) is 11.1 Å². The lowest BCUT2D eigenvalue weighted by Crippen LogP contribution is -2.42. The molecule has 1 atom stereocenters. The van der Waals surface area contributed by atoms with Crippen molar-refractivity contribution in [1.29, 1.82) is 0 Å². The molecule has 0 spiro atoms. The van der Waals surface area contributed by atoms with Crippen molar-refractivity contribution in [3.63, 3.8) is 0 Å². The number of amides is 2. The molecule has 0 radical (unpaired) electrons. The van der Waals surface area contributed by atoms with Crippen LogP contribution in [0.5, 0.6) is 0 Å². The number of fused-ring (bicyclic) bond motifs is 3. The van der Waals surface area contributed by atoms with Gasteiger partial charge in [0.15, 0.2) is 0 Å². The second-order valence-electron chi connectivity index (χ2n) is 7.95. The van der Waals surface area contributed by atoms with Crippen LogP contribution in [0.3, 0.4) is 0 Å². The zero-order valence-electron chi connectivity index (χ0n) is 18.9. The Morgan fingerprint density at radius 3 is 2.18 bits per heavy atom. The molecule has 0 bridgehead atoms. The van der Waals surface area contributed by atoms with Crippen LogP contribution in [0.1, 0.15) is 42.7 Å². The van der Waals surface area contributed by atoms with E-state index in [1.54, 1.807) is 0 Å². The minimum Gasteiger partial charge on any atom is -0.480 e. The summed E-state index contributed by atoms with van der Waals surface area (Å²) in [6.45, 7) is 0.535. The molecule has 1 aliphatic rings. The Morgan fingerprint density at radius 1 is 0.971 bits per heavy atom. The van der Waals surface area contributed by atoms with Gasteiger partial charge in [-0.1, -0.05) is 48.5 Å². The Morgan fingerprint density at radius 2 is 1.59 bits per heavy atom. The third kappa shape index (κ3) is 6.34. The van der Waals surface area contributed by atoms with E-state index in [9.17, 15) is 19.2 Å². The van der Waals surface area contributed by atoms with Gasteiger partial charge in [-0.2, -0.15) is 0 Å². The third-order valence-electron chi connectivity index (χ3n) is 5.68. The predicted molar refractivity (Wildman–Crippen MR) is 123 cm³/mol. The van der Waals surface area contributed by atoms with Gasteiger partial charge in [-0.3, -0.25) is 9.59 Å². The first kappa shape index (κ1) is 24.8. The van der Waals surface area contributed by atoms with E-state index < -0.39 is 36.4 Å². The number of rotatable bonds is 11. The quantitative estimate of drug-likeness (QED) is 0.341. The fraction of sp³-hybridized carbons (Fsp3) is 0.360. The first-order chi connectivity index (χ1) is 16.4. The van der Waals surface area contributed by atoms with Gasteiger partial charge in [-0.05, 0) is 35.1 Å². The largest absolute Gasteiger partial charge is 0.480 e. The van der Waals surface area contributed by atoms with E-state index >= 15 is 0 Å². The number of methoxy groups -OCH3 is 1. The molecule has 0 fully saturated rings. The summed E-state index contributed by atoms with van der Waals surface area (Å²) < 4.78 is 9.88. The Labute approximate surface area is 197 Å². The smallest absolute Gasteiger partial charge is 0.407 e. The van der Waals surface area contributed by atoms with Crippen LogP contribution in [0.2, 0.25) is 0 Å². The summed E-state index contributed by atoms with van der Waals surface area (Å²) in [5.74, 6) is -2.54. The maximum atomic E-state index is 12.2. The second-order valence-corrected chi connectivity index (χ2v) is 7.95. The molecule has 34 heavy (non-hydrogen) atoms. The van der Waals surface area contributed by atoms with Crippen molar-refractivity contribution < 1.29 is 33.8 Å². The van der Waals surface area contributed by atoms with Gasteiger partial charge in [-0.25, -0.2) is 9.59 Å². The highest BCUT2D eigenvalue weighted by Gasteiger charge is 2.29. The number of carboxylic acid groups (broad SMARTS) is 1. The highest BCUT2D eigenvalue weighted by Crippen LogP contribution is 2.44. The molecular formula is C25H28N2O7. The average Bonchev–Trinajstić information content (AvgIpc) is 3.15. The number of carbonyl (C=O) groups is 4. The van der Waals surface area contributed by atoms with Crippen LogP contribution in [0.15, 0.2) is 48.5 Å². The van der Waals surface area contributed by atoms with Gasteiger partial charge in [0.05, 0.1) is 13.5 Å². The van der Waals surface area contributed by atoms with E-state index in [2.05, 4.69) is 27.5 Å². The van der Waals surface area contributed by atoms with Crippen LogP contribution in [0, 0.1) is 0 Å². The molecule has 3 rings (SSSR count). The highest BCUT2D eigenvalue weighted by molar-refractivity contribution is 5.87. The van der Waals surface area contributed by atoms with Crippen molar-refractivity contribution >= 4 is 23.9 Å². The number of aliphatic carboxylic acids is 1. The fourth-order valence-corrected chi connectivity index (χ4v) is 3.97. The Hall–Kier alpha value is -3.88. The number of benzene rings is 2. The summed E-state index contributed by atoms with van der Waals surface area (Å²) in [7, 11) is 1.15. The average molecular weight is 469 g/mol. The lowest BCUT2D eigenvalue weighted by Gasteiger charge is -2.15. The number of esters is 1. The lowest BCUT2D eigenvalue weighted by atomic mass is 9.98.